The molecule has 18 heavy (non-hydrogen) atoms. The first-order valence-corrected chi connectivity index (χ1v) is 6.48. The van der Waals surface area contributed by atoms with Gasteiger partial charge in [-0.15, -0.1) is 0 Å². The first-order chi connectivity index (χ1) is 8.80. The standard InChI is InChI=1S/C14H19NO3/c1-16-12-10(14(9-15)5-6-14)3-4-11-13(12)18-8-2-7-17-11/h3-4H,2,5-9,15H2,1H3. The molecule has 0 bridgehead atoms. The molecule has 2 aliphatic rings. The van der Waals surface area contributed by atoms with Crippen LogP contribution in [-0.4, -0.2) is 26.9 Å². The zero-order valence-corrected chi connectivity index (χ0v) is 10.7. The number of fused-ring (bicyclic) bond motifs is 1. The van der Waals surface area contributed by atoms with Crippen LogP contribution in [0.5, 0.6) is 17.2 Å². The van der Waals surface area contributed by atoms with Crippen molar-refractivity contribution in [1.29, 1.82) is 0 Å². The van der Waals surface area contributed by atoms with Gasteiger partial charge in [0.1, 0.15) is 0 Å². The van der Waals surface area contributed by atoms with Gasteiger partial charge in [-0.1, -0.05) is 6.07 Å². The van der Waals surface area contributed by atoms with Crippen LogP contribution in [0.1, 0.15) is 24.8 Å². The summed E-state index contributed by atoms with van der Waals surface area (Å²) < 4.78 is 17.0. The van der Waals surface area contributed by atoms with Crippen molar-refractivity contribution in [1.82, 2.24) is 0 Å². The smallest absolute Gasteiger partial charge is 0.203 e. The quantitative estimate of drug-likeness (QED) is 0.888. The first-order valence-electron chi connectivity index (χ1n) is 6.48. The second kappa shape index (κ2) is 4.35. The molecular formula is C14H19NO3. The van der Waals surface area contributed by atoms with Gasteiger partial charge in [0.25, 0.3) is 0 Å². The minimum atomic E-state index is 0.0933. The number of hydrogen-bond donors (Lipinski definition) is 1. The third kappa shape index (κ3) is 1.72. The van der Waals surface area contributed by atoms with E-state index in [2.05, 4.69) is 6.07 Å². The van der Waals surface area contributed by atoms with E-state index in [4.69, 9.17) is 19.9 Å². The average molecular weight is 249 g/mol. The molecule has 1 aliphatic carbocycles. The third-order valence-electron chi connectivity index (χ3n) is 3.89. The second-order valence-corrected chi connectivity index (χ2v) is 5.01. The molecule has 0 unspecified atom stereocenters. The van der Waals surface area contributed by atoms with Crippen molar-refractivity contribution in [2.75, 3.05) is 26.9 Å². The summed E-state index contributed by atoms with van der Waals surface area (Å²) >= 11 is 0. The monoisotopic (exact) mass is 249 g/mol. The molecule has 0 atom stereocenters. The van der Waals surface area contributed by atoms with Crippen molar-refractivity contribution in [3.63, 3.8) is 0 Å². The van der Waals surface area contributed by atoms with Crippen LogP contribution in [0.25, 0.3) is 0 Å². The van der Waals surface area contributed by atoms with Crippen molar-refractivity contribution in [2.45, 2.75) is 24.7 Å². The van der Waals surface area contributed by atoms with E-state index < -0.39 is 0 Å². The van der Waals surface area contributed by atoms with Crippen molar-refractivity contribution < 1.29 is 14.2 Å². The molecule has 0 saturated heterocycles. The highest BCUT2D eigenvalue weighted by molar-refractivity contribution is 5.59. The van der Waals surface area contributed by atoms with Gasteiger partial charge in [0.2, 0.25) is 5.75 Å². The normalized spacial score (nSPS) is 20.1. The van der Waals surface area contributed by atoms with Crippen molar-refractivity contribution in [2.24, 2.45) is 5.73 Å². The molecular weight excluding hydrogens is 230 g/mol. The van der Waals surface area contributed by atoms with E-state index in [9.17, 15) is 0 Å². The summed E-state index contributed by atoms with van der Waals surface area (Å²) in [5, 5.41) is 0. The van der Waals surface area contributed by atoms with E-state index in [0.717, 1.165) is 42.1 Å². The molecule has 2 N–H and O–H groups in total. The van der Waals surface area contributed by atoms with Gasteiger partial charge in [0.05, 0.1) is 20.3 Å². The zero-order chi connectivity index (χ0) is 12.6. The number of methoxy groups -OCH3 is 1. The van der Waals surface area contributed by atoms with Gasteiger partial charge < -0.3 is 19.9 Å². The lowest BCUT2D eigenvalue weighted by atomic mass is 9.94. The fourth-order valence-corrected chi connectivity index (χ4v) is 2.56. The highest BCUT2D eigenvalue weighted by Crippen LogP contribution is 2.54. The maximum Gasteiger partial charge on any atom is 0.203 e. The van der Waals surface area contributed by atoms with Gasteiger partial charge >= 0.3 is 0 Å². The minimum absolute atomic E-state index is 0.0933. The maximum atomic E-state index is 5.90. The van der Waals surface area contributed by atoms with Crippen LogP contribution in [0, 0.1) is 0 Å². The van der Waals surface area contributed by atoms with Gasteiger partial charge in [-0.05, 0) is 18.9 Å². The van der Waals surface area contributed by atoms with Crippen molar-refractivity contribution in [3.8, 4) is 17.2 Å². The van der Waals surface area contributed by atoms with E-state index in [1.807, 2.05) is 6.07 Å². The molecule has 0 spiro atoms. The Morgan fingerprint density at radius 3 is 2.72 bits per heavy atom. The topological polar surface area (TPSA) is 53.7 Å². The Bertz CT molecular complexity index is 455. The van der Waals surface area contributed by atoms with Crippen LogP contribution in [-0.2, 0) is 5.41 Å². The number of rotatable bonds is 3. The van der Waals surface area contributed by atoms with E-state index in [-0.39, 0.29) is 5.41 Å². The van der Waals surface area contributed by atoms with E-state index in [0.29, 0.717) is 19.8 Å². The van der Waals surface area contributed by atoms with Gasteiger partial charge in [-0.3, -0.25) is 0 Å². The fourth-order valence-electron chi connectivity index (χ4n) is 2.56. The van der Waals surface area contributed by atoms with Crippen LogP contribution in [0.15, 0.2) is 12.1 Å². The number of ether oxygens (including phenoxy) is 3. The Labute approximate surface area is 107 Å². The van der Waals surface area contributed by atoms with Gasteiger partial charge in [-0.2, -0.15) is 0 Å². The molecule has 1 aromatic carbocycles. The molecule has 0 amide bonds. The Morgan fingerprint density at radius 1 is 1.28 bits per heavy atom. The van der Waals surface area contributed by atoms with Crippen molar-refractivity contribution >= 4 is 0 Å². The van der Waals surface area contributed by atoms with E-state index in [1.165, 1.54) is 0 Å². The lowest BCUT2D eigenvalue weighted by molar-refractivity contribution is 0.288. The van der Waals surface area contributed by atoms with Crippen LogP contribution in [0.4, 0.5) is 0 Å². The SMILES string of the molecule is COc1c(C2(CN)CC2)ccc2c1OCCCO2. The Kier molecular flexibility index (Phi) is 2.82. The van der Waals surface area contributed by atoms with Crippen LogP contribution in [0.3, 0.4) is 0 Å². The molecule has 0 aromatic heterocycles. The minimum Gasteiger partial charge on any atom is -0.492 e. The van der Waals surface area contributed by atoms with Crippen LogP contribution in [0.2, 0.25) is 0 Å². The molecule has 3 rings (SSSR count). The van der Waals surface area contributed by atoms with Gasteiger partial charge in [-0.25, -0.2) is 0 Å². The molecule has 4 heteroatoms. The Morgan fingerprint density at radius 2 is 2.06 bits per heavy atom. The molecule has 98 valence electrons. The molecule has 4 nitrogen and oxygen atoms in total. The highest BCUT2D eigenvalue weighted by atomic mass is 16.5. The molecule has 0 radical (unpaired) electrons. The molecule has 1 aromatic rings. The summed E-state index contributed by atoms with van der Waals surface area (Å²) in [6.45, 7) is 2.02. The second-order valence-electron chi connectivity index (χ2n) is 5.01. The van der Waals surface area contributed by atoms with E-state index in [1.54, 1.807) is 7.11 Å². The maximum absolute atomic E-state index is 5.90. The van der Waals surface area contributed by atoms with Gasteiger partial charge in [0.15, 0.2) is 11.5 Å². The first kappa shape index (κ1) is 11.7. The van der Waals surface area contributed by atoms with Gasteiger partial charge in [0, 0.05) is 23.9 Å². The molecule has 1 aliphatic heterocycles. The summed E-state index contributed by atoms with van der Waals surface area (Å²) in [5.41, 5.74) is 7.16. The van der Waals surface area contributed by atoms with Crippen LogP contribution < -0.4 is 19.9 Å². The van der Waals surface area contributed by atoms with Crippen molar-refractivity contribution in [3.05, 3.63) is 17.7 Å². The summed E-state index contributed by atoms with van der Waals surface area (Å²) in [4.78, 5) is 0. The Balaban J connectivity index is 2.08. The summed E-state index contributed by atoms with van der Waals surface area (Å²) in [6.07, 6.45) is 3.15. The number of hydrogen-bond acceptors (Lipinski definition) is 4. The predicted molar refractivity (Wildman–Crippen MR) is 68.6 cm³/mol. The largest absolute Gasteiger partial charge is 0.492 e. The fraction of sp³-hybridized carbons (Fsp3) is 0.571. The molecule has 1 fully saturated rings. The molecule has 1 heterocycles. The summed E-state index contributed by atoms with van der Waals surface area (Å²) in [5.74, 6) is 2.32. The number of nitrogens with two attached hydrogens (primary N) is 1. The Hall–Kier alpha value is -1.42. The van der Waals surface area contributed by atoms with E-state index >= 15 is 0 Å². The third-order valence-corrected chi connectivity index (χ3v) is 3.89. The lowest BCUT2D eigenvalue weighted by Crippen LogP contribution is -2.20. The average Bonchev–Trinajstić information content (AvgIpc) is 3.21. The molecule has 1 saturated carbocycles. The lowest BCUT2D eigenvalue weighted by Gasteiger charge is -2.20. The van der Waals surface area contributed by atoms with Crippen LogP contribution >= 0.6 is 0 Å². The zero-order valence-electron chi connectivity index (χ0n) is 10.7. The summed E-state index contributed by atoms with van der Waals surface area (Å²) in [7, 11) is 1.68. The summed E-state index contributed by atoms with van der Waals surface area (Å²) in [6, 6.07) is 4.06. The number of benzene rings is 1. The highest BCUT2D eigenvalue weighted by Gasteiger charge is 2.46. The predicted octanol–water partition coefficient (Wildman–Crippen LogP) is 1.85.